The van der Waals surface area contributed by atoms with Crippen molar-refractivity contribution in [2.75, 3.05) is 41.5 Å². The van der Waals surface area contributed by atoms with Gasteiger partial charge in [-0.25, -0.2) is 0 Å². The first-order chi connectivity index (χ1) is 17.9. The highest BCUT2D eigenvalue weighted by Crippen LogP contribution is 2.41. The minimum atomic E-state index is -0.519. The van der Waals surface area contributed by atoms with E-state index in [0.29, 0.717) is 30.2 Å². The third-order valence-electron chi connectivity index (χ3n) is 6.56. The molecule has 0 N–H and O–H groups in total. The van der Waals surface area contributed by atoms with E-state index in [-0.39, 0.29) is 18.4 Å². The summed E-state index contributed by atoms with van der Waals surface area (Å²) in [6, 6.07) is 11.3. The lowest BCUT2D eigenvalue weighted by Crippen LogP contribution is -2.59. The normalized spacial score (nSPS) is 16.2. The van der Waals surface area contributed by atoms with Crippen molar-refractivity contribution in [1.29, 1.82) is 0 Å². The first-order valence-electron chi connectivity index (χ1n) is 12.7. The number of carbonyl (C=O) groups is 2. The van der Waals surface area contributed by atoms with Crippen molar-refractivity contribution in [3.05, 3.63) is 66.3 Å². The fourth-order valence-corrected chi connectivity index (χ4v) is 4.38. The Kier molecular flexibility index (Phi) is 10.2. The molecule has 0 bridgehead atoms. The van der Waals surface area contributed by atoms with Gasteiger partial charge in [0.25, 0.3) is 0 Å². The Bertz CT molecular complexity index is 1100. The van der Waals surface area contributed by atoms with Gasteiger partial charge in [-0.2, -0.15) is 0 Å². The van der Waals surface area contributed by atoms with E-state index >= 15 is 0 Å². The minimum absolute atomic E-state index is 0.0219. The number of unbranched alkanes of at least 4 members (excludes halogenated alkanes) is 1. The second-order valence-corrected chi connectivity index (χ2v) is 8.98. The molecule has 7 heteroatoms. The molecule has 1 aliphatic heterocycles. The zero-order chi connectivity index (χ0) is 26.8. The molecule has 198 valence electrons. The van der Waals surface area contributed by atoms with Gasteiger partial charge < -0.3 is 24.0 Å². The monoisotopic (exact) mass is 506 g/mol. The van der Waals surface area contributed by atoms with Crippen LogP contribution in [-0.2, 0) is 16.0 Å². The lowest BCUT2D eigenvalue weighted by molar-refractivity contribution is -0.153. The van der Waals surface area contributed by atoms with Gasteiger partial charge in [-0.1, -0.05) is 55.5 Å². The average Bonchev–Trinajstić information content (AvgIpc) is 2.92. The fraction of sp³-hybridized carbons (Fsp3) is 0.400. The van der Waals surface area contributed by atoms with Crippen LogP contribution in [0.4, 0.5) is 0 Å². The van der Waals surface area contributed by atoms with E-state index in [9.17, 15) is 9.59 Å². The molecule has 7 nitrogen and oxygen atoms in total. The molecule has 1 atom stereocenters. The summed E-state index contributed by atoms with van der Waals surface area (Å²) in [7, 11) is 6.47. The molecule has 1 aliphatic rings. The van der Waals surface area contributed by atoms with Crippen molar-refractivity contribution in [3.63, 3.8) is 0 Å². The highest BCUT2D eigenvalue weighted by atomic mass is 16.5. The quantitative estimate of drug-likeness (QED) is 0.303. The summed E-state index contributed by atoms with van der Waals surface area (Å²) in [5.41, 5.74) is 2.88. The van der Waals surface area contributed by atoms with Crippen LogP contribution >= 0.6 is 0 Å². The summed E-state index contributed by atoms with van der Waals surface area (Å²) < 4.78 is 16.4. The summed E-state index contributed by atoms with van der Waals surface area (Å²) in [5.74, 6) is 1.65. The molecular weight excluding hydrogens is 468 g/mol. The molecule has 3 rings (SSSR count). The molecule has 1 unspecified atom stereocenters. The van der Waals surface area contributed by atoms with Gasteiger partial charge in [0, 0.05) is 20.0 Å². The molecule has 2 aromatic carbocycles. The Hall–Kier alpha value is -3.74. The molecule has 2 amide bonds. The Balaban J connectivity index is 1.70. The first kappa shape index (κ1) is 27.8. The van der Waals surface area contributed by atoms with Gasteiger partial charge in [-0.15, -0.1) is 0 Å². The number of hydrogen-bond donors (Lipinski definition) is 0. The summed E-state index contributed by atoms with van der Waals surface area (Å²) in [6.45, 7) is 2.68. The van der Waals surface area contributed by atoms with Crippen LogP contribution in [0.15, 0.2) is 60.7 Å². The molecule has 0 spiro atoms. The van der Waals surface area contributed by atoms with Crippen LogP contribution in [0, 0.1) is 0 Å². The number of ether oxygens (including phenoxy) is 3. The number of likely N-dealkylation sites (N-methyl/N-ethyl adjacent to an activating group) is 1. The predicted octanol–water partition coefficient (Wildman–Crippen LogP) is 4.89. The molecule has 0 radical (unpaired) electrons. The molecule has 37 heavy (non-hydrogen) atoms. The molecular formula is C30H38N2O5. The first-order valence-corrected chi connectivity index (χ1v) is 12.7. The fourth-order valence-electron chi connectivity index (χ4n) is 4.38. The number of piperazine rings is 1. The van der Waals surface area contributed by atoms with Crippen molar-refractivity contribution in [3.8, 4) is 28.4 Å². The van der Waals surface area contributed by atoms with Gasteiger partial charge in [-0.3, -0.25) is 9.59 Å². The topological polar surface area (TPSA) is 68.3 Å². The number of hydrogen-bond acceptors (Lipinski definition) is 5. The van der Waals surface area contributed by atoms with Crippen molar-refractivity contribution >= 4 is 11.8 Å². The maximum Gasteiger partial charge on any atom is 0.246 e. The maximum absolute atomic E-state index is 13.2. The summed E-state index contributed by atoms with van der Waals surface area (Å²) >= 11 is 0. The van der Waals surface area contributed by atoms with Gasteiger partial charge >= 0.3 is 0 Å². The Labute approximate surface area is 220 Å². The van der Waals surface area contributed by atoms with Crippen LogP contribution in [0.2, 0.25) is 0 Å². The highest BCUT2D eigenvalue weighted by molar-refractivity contribution is 5.95. The van der Waals surface area contributed by atoms with Gasteiger partial charge in [0.05, 0.1) is 21.3 Å². The third kappa shape index (κ3) is 6.94. The van der Waals surface area contributed by atoms with Crippen LogP contribution in [0.25, 0.3) is 11.1 Å². The molecule has 1 fully saturated rings. The average molecular weight is 507 g/mol. The number of amides is 2. The summed E-state index contributed by atoms with van der Waals surface area (Å²) in [6.07, 6.45) is 11.8. The predicted molar refractivity (Wildman–Crippen MR) is 146 cm³/mol. The van der Waals surface area contributed by atoms with Gasteiger partial charge in [0.2, 0.25) is 17.6 Å². The number of carbonyl (C=O) groups excluding carboxylic acids is 2. The molecule has 0 saturated carbocycles. The van der Waals surface area contributed by atoms with Crippen molar-refractivity contribution in [2.45, 2.75) is 38.6 Å². The standard InChI is InChI=1S/C30H38N2O5/c1-6-7-8-9-10-11-12-17-32-21-28(33)31(2)25(30(32)34)18-22-13-15-23(16-14-22)24-19-26(35-3)29(37-5)27(20-24)36-4/h7-8,11-16,19-20,25H,6,9-10,17-18,21H2,1-5H3/b8-7+,12-11+. The van der Waals surface area contributed by atoms with E-state index in [0.717, 1.165) is 36.0 Å². The summed E-state index contributed by atoms with van der Waals surface area (Å²) in [4.78, 5) is 29.1. The van der Waals surface area contributed by atoms with Crippen LogP contribution in [0.3, 0.4) is 0 Å². The van der Waals surface area contributed by atoms with E-state index in [1.54, 1.807) is 38.2 Å². The van der Waals surface area contributed by atoms with Crippen LogP contribution in [0.5, 0.6) is 17.2 Å². The second-order valence-electron chi connectivity index (χ2n) is 8.98. The van der Waals surface area contributed by atoms with Crippen LogP contribution in [-0.4, -0.2) is 69.1 Å². The van der Waals surface area contributed by atoms with E-state index < -0.39 is 6.04 Å². The van der Waals surface area contributed by atoms with Gasteiger partial charge in [0.1, 0.15) is 12.6 Å². The summed E-state index contributed by atoms with van der Waals surface area (Å²) in [5, 5.41) is 0. The Morgan fingerprint density at radius 2 is 1.49 bits per heavy atom. The number of benzene rings is 2. The van der Waals surface area contributed by atoms with Gasteiger partial charge in [-0.05, 0) is 48.1 Å². The molecule has 0 aliphatic carbocycles. The third-order valence-corrected chi connectivity index (χ3v) is 6.56. The molecule has 1 heterocycles. The van der Waals surface area contributed by atoms with Crippen LogP contribution < -0.4 is 14.2 Å². The van der Waals surface area contributed by atoms with Crippen LogP contribution in [0.1, 0.15) is 31.7 Å². The van der Waals surface area contributed by atoms with E-state index in [2.05, 4.69) is 25.2 Å². The second kappa shape index (κ2) is 13.5. The minimum Gasteiger partial charge on any atom is -0.493 e. The van der Waals surface area contributed by atoms with E-state index in [4.69, 9.17) is 14.2 Å². The zero-order valence-electron chi connectivity index (χ0n) is 22.5. The SMILES string of the molecule is CC/C=C/CC/C=C/CN1CC(=O)N(C)C(Cc2ccc(-c3cc(OC)c(OC)c(OC)c3)cc2)C1=O. The zero-order valence-corrected chi connectivity index (χ0v) is 22.5. The Morgan fingerprint density at radius 3 is 2.05 bits per heavy atom. The van der Waals surface area contributed by atoms with E-state index in [1.165, 1.54) is 0 Å². The number of methoxy groups -OCH3 is 3. The van der Waals surface area contributed by atoms with Gasteiger partial charge in [0.15, 0.2) is 11.5 Å². The lowest BCUT2D eigenvalue weighted by Gasteiger charge is -2.38. The lowest BCUT2D eigenvalue weighted by atomic mass is 9.98. The maximum atomic E-state index is 13.2. The van der Waals surface area contributed by atoms with Crippen molar-refractivity contribution < 1.29 is 23.8 Å². The van der Waals surface area contributed by atoms with E-state index in [1.807, 2.05) is 42.5 Å². The molecule has 2 aromatic rings. The smallest absolute Gasteiger partial charge is 0.246 e. The number of nitrogens with zero attached hydrogens (tertiary/aromatic N) is 2. The van der Waals surface area contributed by atoms with Crippen molar-refractivity contribution in [2.24, 2.45) is 0 Å². The Morgan fingerprint density at radius 1 is 0.865 bits per heavy atom. The largest absolute Gasteiger partial charge is 0.493 e. The highest BCUT2D eigenvalue weighted by Gasteiger charge is 2.36. The number of allylic oxidation sites excluding steroid dienone is 3. The number of rotatable bonds is 12. The molecule has 0 aromatic heterocycles. The van der Waals surface area contributed by atoms with Crippen molar-refractivity contribution in [1.82, 2.24) is 9.80 Å². The molecule has 1 saturated heterocycles.